The molecule has 0 spiro atoms. The Hall–Kier alpha value is -0.820. The maximum atomic E-state index is 12.7. The summed E-state index contributed by atoms with van der Waals surface area (Å²) in [6, 6.07) is 0.217. The maximum Gasteiger partial charge on any atom is 0.391 e. The van der Waals surface area contributed by atoms with Crippen molar-refractivity contribution in [3.63, 3.8) is 0 Å². The first kappa shape index (κ1) is 15.6. The predicted molar refractivity (Wildman–Crippen MR) is 75.3 cm³/mol. The zero-order chi connectivity index (χ0) is 14.9. The number of anilines is 1. The van der Waals surface area contributed by atoms with Crippen molar-refractivity contribution in [1.29, 1.82) is 0 Å². The Morgan fingerprint density at radius 3 is 2.45 bits per heavy atom. The van der Waals surface area contributed by atoms with E-state index in [0.717, 1.165) is 15.7 Å². The molecule has 2 heterocycles. The topological polar surface area (TPSA) is 28.2 Å². The van der Waals surface area contributed by atoms with Gasteiger partial charge < -0.3 is 10.2 Å². The second kappa shape index (κ2) is 5.89. The van der Waals surface area contributed by atoms with Crippen LogP contribution in [0.25, 0.3) is 0 Å². The average molecular weight is 307 g/mol. The summed E-state index contributed by atoms with van der Waals surface area (Å²) in [5, 5.41) is 4.02. The fourth-order valence-electron chi connectivity index (χ4n) is 2.46. The van der Waals surface area contributed by atoms with Crippen molar-refractivity contribution in [2.45, 2.75) is 38.9 Å². The molecule has 1 unspecified atom stereocenters. The molecule has 1 atom stereocenters. The number of aryl methyl sites for hydroxylation is 1. The van der Waals surface area contributed by atoms with E-state index in [-0.39, 0.29) is 18.9 Å². The molecule has 0 amide bonds. The molecule has 20 heavy (non-hydrogen) atoms. The van der Waals surface area contributed by atoms with Crippen molar-refractivity contribution in [3.8, 4) is 0 Å². The lowest BCUT2D eigenvalue weighted by Gasteiger charge is -2.32. The summed E-state index contributed by atoms with van der Waals surface area (Å²) in [6.45, 7) is 4.88. The highest BCUT2D eigenvalue weighted by atomic mass is 32.1. The molecule has 1 aliphatic rings. The van der Waals surface area contributed by atoms with Gasteiger partial charge >= 0.3 is 6.18 Å². The number of thiazole rings is 1. The third-order valence-corrected chi connectivity index (χ3v) is 5.28. The van der Waals surface area contributed by atoms with E-state index in [1.165, 1.54) is 0 Å². The van der Waals surface area contributed by atoms with E-state index < -0.39 is 12.1 Å². The third-order valence-electron chi connectivity index (χ3n) is 3.88. The highest BCUT2D eigenvalue weighted by Gasteiger charge is 2.41. The first-order chi connectivity index (χ1) is 9.32. The van der Waals surface area contributed by atoms with Crippen molar-refractivity contribution in [2.75, 3.05) is 25.0 Å². The largest absolute Gasteiger partial charge is 0.391 e. The summed E-state index contributed by atoms with van der Waals surface area (Å²) in [5.41, 5.74) is 0.963. The highest BCUT2D eigenvalue weighted by Crippen LogP contribution is 2.37. The molecule has 114 valence electrons. The van der Waals surface area contributed by atoms with Crippen LogP contribution in [0.5, 0.6) is 0 Å². The maximum absolute atomic E-state index is 12.7. The fourth-order valence-corrected chi connectivity index (χ4v) is 3.64. The van der Waals surface area contributed by atoms with E-state index in [9.17, 15) is 13.2 Å². The number of aromatic nitrogens is 1. The molecule has 1 fully saturated rings. The van der Waals surface area contributed by atoms with Gasteiger partial charge in [-0.1, -0.05) is 0 Å². The summed E-state index contributed by atoms with van der Waals surface area (Å²) < 4.78 is 38.0. The smallest absolute Gasteiger partial charge is 0.348 e. The fraction of sp³-hybridized carbons (Fsp3) is 0.769. The third kappa shape index (κ3) is 3.25. The zero-order valence-electron chi connectivity index (χ0n) is 11.9. The molecule has 1 saturated heterocycles. The lowest BCUT2D eigenvalue weighted by molar-refractivity contribution is -0.179. The number of nitrogens with one attached hydrogen (secondary N) is 1. The first-order valence-corrected chi connectivity index (χ1v) is 7.60. The number of alkyl halides is 3. The van der Waals surface area contributed by atoms with Crippen LogP contribution in [0.2, 0.25) is 0 Å². The van der Waals surface area contributed by atoms with Gasteiger partial charge in [-0.3, -0.25) is 0 Å². The number of nitrogens with zero attached hydrogens (tertiary/aromatic N) is 2. The van der Waals surface area contributed by atoms with Gasteiger partial charge in [0, 0.05) is 24.0 Å². The van der Waals surface area contributed by atoms with Crippen LogP contribution in [0.15, 0.2) is 0 Å². The molecule has 0 aliphatic carbocycles. The quantitative estimate of drug-likeness (QED) is 0.926. The van der Waals surface area contributed by atoms with Crippen LogP contribution in [0, 0.1) is 12.8 Å². The summed E-state index contributed by atoms with van der Waals surface area (Å²) in [4.78, 5) is 7.64. The van der Waals surface area contributed by atoms with Crippen LogP contribution in [0.3, 0.4) is 0 Å². The van der Waals surface area contributed by atoms with E-state index in [4.69, 9.17) is 0 Å². The van der Waals surface area contributed by atoms with Crippen molar-refractivity contribution in [3.05, 3.63) is 10.6 Å². The Bertz CT molecular complexity index is 450. The van der Waals surface area contributed by atoms with Crippen LogP contribution < -0.4 is 10.2 Å². The molecule has 0 bridgehead atoms. The van der Waals surface area contributed by atoms with Crippen molar-refractivity contribution in [2.24, 2.45) is 5.92 Å². The second-order valence-corrected chi connectivity index (χ2v) is 6.27. The Balaban J connectivity index is 2.04. The van der Waals surface area contributed by atoms with E-state index in [2.05, 4.69) is 17.2 Å². The van der Waals surface area contributed by atoms with Crippen LogP contribution in [-0.2, 0) is 0 Å². The molecule has 1 aromatic rings. The Kier molecular flexibility index (Phi) is 4.59. The number of rotatable bonds is 3. The molecule has 0 aromatic carbocycles. The van der Waals surface area contributed by atoms with E-state index in [1.54, 1.807) is 11.3 Å². The average Bonchev–Trinajstić information content (AvgIpc) is 2.79. The van der Waals surface area contributed by atoms with Gasteiger partial charge in [0.2, 0.25) is 0 Å². The summed E-state index contributed by atoms with van der Waals surface area (Å²) in [6.07, 6.45) is -3.73. The standard InChI is InChI=1S/C13H20F3N3S/c1-8(17-3)11-9(2)18-12(20-11)19-6-4-10(5-7-19)13(14,15)16/h8,10,17H,4-7H2,1-3H3. The molecule has 2 rings (SSSR count). The molecule has 1 N–H and O–H groups in total. The van der Waals surface area contributed by atoms with E-state index in [1.807, 2.05) is 18.9 Å². The predicted octanol–water partition coefficient (Wildman–Crippen LogP) is 3.51. The lowest BCUT2D eigenvalue weighted by atomic mass is 9.97. The van der Waals surface area contributed by atoms with Crippen LogP contribution in [-0.4, -0.2) is 31.3 Å². The van der Waals surface area contributed by atoms with E-state index >= 15 is 0 Å². The van der Waals surface area contributed by atoms with Crippen molar-refractivity contribution in [1.82, 2.24) is 10.3 Å². The number of piperidine rings is 1. The van der Waals surface area contributed by atoms with E-state index in [0.29, 0.717) is 13.1 Å². The summed E-state index contributed by atoms with van der Waals surface area (Å²) in [5.74, 6) is -1.16. The SMILES string of the molecule is CNC(C)c1sc(N2CCC(C(F)(F)F)CC2)nc1C. The number of hydrogen-bond donors (Lipinski definition) is 1. The normalized spacial score (nSPS) is 19.4. The Morgan fingerprint density at radius 2 is 1.95 bits per heavy atom. The Morgan fingerprint density at radius 1 is 1.35 bits per heavy atom. The molecule has 7 heteroatoms. The van der Waals surface area contributed by atoms with Gasteiger partial charge in [0.05, 0.1) is 11.6 Å². The minimum Gasteiger partial charge on any atom is -0.348 e. The van der Waals surface area contributed by atoms with Crippen LogP contribution >= 0.6 is 11.3 Å². The van der Waals surface area contributed by atoms with Crippen LogP contribution in [0.4, 0.5) is 18.3 Å². The van der Waals surface area contributed by atoms with Crippen molar-refractivity contribution < 1.29 is 13.2 Å². The van der Waals surface area contributed by atoms with Gasteiger partial charge in [0.1, 0.15) is 0 Å². The minimum absolute atomic E-state index is 0.166. The monoisotopic (exact) mass is 307 g/mol. The summed E-state index contributed by atoms with van der Waals surface area (Å²) in [7, 11) is 1.89. The van der Waals surface area contributed by atoms with Gasteiger partial charge in [-0.15, -0.1) is 11.3 Å². The summed E-state index contributed by atoms with van der Waals surface area (Å²) >= 11 is 1.58. The number of halogens is 3. The molecular formula is C13H20F3N3S. The second-order valence-electron chi connectivity index (χ2n) is 5.26. The molecule has 1 aliphatic heterocycles. The lowest BCUT2D eigenvalue weighted by Crippen LogP contribution is -2.38. The number of hydrogen-bond acceptors (Lipinski definition) is 4. The molecule has 1 aromatic heterocycles. The minimum atomic E-state index is -4.06. The Labute approximate surface area is 121 Å². The highest BCUT2D eigenvalue weighted by molar-refractivity contribution is 7.15. The van der Waals surface area contributed by atoms with Gasteiger partial charge in [-0.05, 0) is 33.7 Å². The molecule has 0 radical (unpaired) electrons. The molecule has 3 nitrogen and oxygen atoms in total. The van der Waals surface area contributed by atoms with Gasteiger partial charge in [0.15, 0.2) is 5.13 Å². The van der Waals surface area contributed by atoms with Gasteiger partial charge in [-0.25, -0.2) is 4.98 Å². The van der Waals surface area contributed by atoms with Crippen molar-refractivity contribution >= 4 is 16.5 Å². The zero-order valence-corrected chi connectivity index (χ0v) is 12.7. The molecular weight excluding hydrogens is 287 g/mol. The first-order valence-electron chi connectivity index (χ1n) is 6.79. The molecule has 0 saturated carbocycles. The van der Waals surface area contributed by atoms with Gasteiger partial charge in [0.25, 0.3) is 0 Å². The van der Waals surface area contributed by atoms with Crippen LogP contribution in [0.1, 0.15) is 36.4 Å². The van der Waals surface area contributed by atoms with Gasteiger partial charge in [-0.2, -0.15) is 13.2 Å².